The lowest BCUT2D eigenvalue weighted by atomic mass is 10.3. The Balaban J connectivity index is 2.69. The average Bonchev–Trinajstić information content (AvgIpc) is 2.65. The molecule has 0 aliphatic heterocycles. The van der Waals surface area contributed by atoms with Gasteiger partial charge in [0, 0.05) is 18.4 Å². The van der Waals surface area contributed by atoms with Crippen LogP contribution in [-0.2, 0) is 0 Å². The molecule has 84 valence electrons. The molecule has 0 unspecified atom stereocenters. The van der Waals surface area contributed by atoms with Crippen molar-refractivity contribution in [2.75, 3.05) is 18.4 Å². The van der Waals surface area contributed by atoms with Gasteiger partial charge in [0.1, 0.15) is 4.88 Å². The molecular weight excluding hydrogens is 276 g/mol. The second kappa shape index (κ2) is 6.23. The first-order valence-electron chi connectivity index (χ1n) is 4.96. The van der Waals surface area contributed by atoms with Crippen LogP contribution in [0.2, 0.25) is 0 Å². The summed E-state index contributed by atoms with van der Waals surface area (Å²) in [4.78, 5) is 18.8. The highest BCUT2D eigenvalue weighted by molar-refractivity contribution is 9.09. The molecule has 0 aromatic carbocycles. The van der Waals surface area contributed by atoms with Crippen LogP contribution < -0.4 is 0 Å². The van der Waals surface area contributed by atoms with Crippen molar-refractivity contribution in [2.45, 2.75) is 20.3 Å². The largest absolute Gasteiger partial charge is 0.338 e. The number of thiazole rings is 1. The van der Waals surface area contributed by atoms with Crippen molar-refractivity contribution >= 4 is 33.2 Å². The van der Waals surface area contributed by atoms with E-state index in [9.17, 15) is 4.79 Å². The summed E-state index contributed by atoms with van der Waals surface area (Å²) in [5, 5.41) is 0.929. The maximum atomic E-state index is 12.0. The molecule has 1 aromatic heterocycles. The SMILES string of the molecule is CCN(CCCBr)C(=O)c1scnc1C. The second-order valence-corrected chi connectivity index (χ2v) is 4.84. The molecule has 1 rings (SSSR count). The maximum absolute atomic E-state index is 12.0. The Morgan fingerprint density at radius 2 is 2.40 bits per heavy atom. The summed E-state index contributed by atoms with van der Waals surface area (Å²) in [6.07, 6.45) is 0.984. The van der Waals surface area contributed by atoms with Crippen LogP contribution in [0.15, 0.2) is 5.51 Å². The van der Waals surface area contributed by atoms with E-state index in [1.807, 2.05) is 18.7 Å². The fourth-order valence-corrected chi connectivity index (χ4v) is 2.32. The van der Waals surface area contributed by atoms with E-state index in [1.54, 1.807) is 5.51 Å². The Hall–Kier alpha value is -0.420. The van der Waals surface area contributed by atoms with Gasteiger partial charge in [-0.1, -0.05) is 15.9 Å². The van der Waals surface area contributed by atoms with Gasteiger partial charge in [0.15, 0.2) is 0 Å². The number of hydrogen-bond donors (Lipinski definition) is 0. The van der Waals surface area contributed by atoms with Crippen molar-refractivity contribution in [2.24, 2.45) is 0 Å². The van der Waals surface area contributed by atoms with E-state index in [2.05, 4.69) is 20.9 Å². The molecule has 0 spiro atoms. The Labute approximate surface area is 103 Å². The topological polar surface area (TPSA) is 33.2 Å². The van der Waals surface area contributed by atoms with E-state index in [1.165, 1.54) is 11.3 Å². The van der Waals surface area contributed by atoms with Gasteiger partial charge in [-0.3, -0.25) is 4.79 Å². The van der Waals surface area contributed by atoms with Crippen LogP contribution in [0, 0.1) is 6.92 Å². The van der Waals surface area contributed by atoms with Crippen molar-refractivity contribution in [3.63, 3.8) is 0 Å². The van der Waals surface area contributed by atoms with Crippen molar-refractivity contribution in [1.82, 2.24) is 9.88 Å². The Morgan fingerprint density at radius 3 is 2.87 bits per heavy atom. The third-order valence-electron chi connectivity index (χ3n) is 2.17. The van der Waals surface area contributed by atoms with E-state index in [0.717, 1.165) is 35.4 Å². The van der Waals surface area contributed by atoms with E-state index >= 15 is 0 Å². The van der Waals surface area contributed by atoms with Crippen LogP contribution in [0.3, 0.4) is 0 Å². The van der Waals surface area contributed by atoms with Crippen LogP contribution in [0.1, 0.15) is 28.7 Å². The first-order valence-corrected chi connectivity index (χ1v) is 6.96. The van der Waals surface area contributed by atoms with Gasteiger partial charge in [0.25, 0.3) is 5.91 Å². The average molecular weight is 291 g/mol. The highest BCUT2D eigenvalue weighted by Gasteiger charge is 2.17. The molecule has 3 nitrogen and oxygen atoms in total. The predicted octanol–water partition coefficient (Wildman–Crippen LogP) is 2.70. The van der Waals surface area contributed by atoms with E-state index < -0.39 is 0 Å². The number of carbonyl (C=O) groups excluding carboxylic acids is 1. The number of alkyl halides is 1. The molecule has 0 saturated heterocycles. The van der Waals surface area contributed by atoms with Gasteiger partial charge >= 0.3 is 0 Å². The molecule has 1 aromatic rings. The third-order valence-corrected chi connectivity index (χ3v) is 3.65. The maximum Gasteiger partial charge on any atom is 0.265 e. The zero-order chi connectivity index (χ0) is 11.3. The molecule has 0 fully saturated rings. The molecule has 0 aliphatic carbocycles. The molecule has 5 heteroatoms. The monoisotopic (exact) mass is 290 g/mol. The minimum absolute atomic E-state index is 0.110. The second-order valence-electron chi connectivity index (χ2n) is 3.19. The number of aromatic nitrogens is 1. The van der Waals surface area contributed by atoms with Crippen LogP contribution in [0.4, 0.5) is 0 Å². The highest BCUT2D eigenvalue weighted by Crippen LogP contribution is 2.15. The molecule has 0 atom stereocenters. The molecule has 0 aliphatic rings. The fourth-order valence-electron chi connectivity index (χ4n) is 1.30. The lowest BCUT2D eigenvalue weighted by Gasteiger charge is -2.19. The van der Waals surface area contributed by atoms with Gasteiger partial charge in [0.05, 0.1) is 11.2 Å². The fraction of sp³-hybridized carbons (Fsp3) is 0.600. The van der Waals surface area contributed by atoms with Crippen molar-refractivity contribution in [3.05, 3.63) is 16.1 Å². The minimum atomic E-state index is 0.110. The molecular formula is C10H15BrN2OS. The lowest BCUT2D eigenvalue weighted by molar-refractivity contribution is 0.0769. The molecule has 1 heterocycles. The lowest BCUT2D eigenvalue weighted by Crippen LogP contribution is -2.31. The van der Waals surface area contributed by atoms with Gasteiger partial charge in [0.2, 0.25) is 0 Å². The van der Waals surface area contributed by atoms with Gasteiger partial charge in [-0.15, -0.1) is 11.3 Å². The molecule has 0 N–H and O–H groups in total. The zero-order valence-electron chi connectivity index (χ0n) is 8.99. The highest BCUT2D eigenvalue weighted by atomic mass is 79.9. The Morgan fingerprint density at radius 1 is 1.67 bits per heavy atom. The van der Waals surface area contributed by atoms with Crippen molar-refractivity contribution in [1.29, 1.82) is 0 Å². The summed E-state index contributed by atoms with van der Waals surface area (Å²) in [6.45, 7) is 5.44. The summed E-state index contributed by atoms with van der Waals surface area (Å²) in [7, 11) is 0. The molecule has 15 heavy (non-hydrogen) atoms. The van der Waals surface area contributed by atoms with Gasteiger partial charge in [-0.05, 0) is 20.3 Å². The smallest absolute Gasteiger partial charge is 0.265 e. The summed E-state index contributed by atoms with van der Waals surface area (Å²) in [6, 6.07) is 0. The van der Waals surface area contributed by atoms with E-state index in [-0.39, 0.29) is 5.91 Å². The summed E-state index contributed by atoms with van der Waals surface area (Å²) in [5.41, 5.74) is 2.56. The molecule has 0 radical (unpaired) electrons. The van der Waals surface area contributed by atoms with Crippen LogP contribution in [0.5, 0.6) is 0 Å². The number of hydrogen-bond acceptors (Lipinski definition) is 3. The molecule has 1 amide bonds. The standard InChI is InChI=1S/C10H15BrN2OS/c1-3-13(6-4-5-11)10(14)9-8(2)12-7-15-9/h7H,3-6H2,1-2H3. The van der Waals surface area contributed by atoms with Gasteiger partial charge in [-0.2, -0.15) is 0 Å². The number of aryl methyl sites for hydroxylation is 1. The minimum Gasteiger partial charge on any atom is -0.338 e. The zero-order valence-corrected chi connectivity index (χ0v) is 11.4. The number of rotatable bonds is 5. The van der Waals surface area contributed by atoms with Crippen LogP contribution in [0.25, 0.3) is 0 Å². The molecule has 0 saturated carbocycles. The van der Waals surface area contributed by atoms with Crippen molar-refractivity contribution in [3.8, 4) is 0 Å². The van der Waals surface area contributed by atoms with Gasteiger partial charge < -0.3 is 4.90 Å². The first kappa shape index (κ1) is 12.6. The first-order chi connectivity index (χ1) is 7.20. The molecule has 0 bridgehead atoms. The number of halogens is 1. The Bertz CT molecular complexity index is 327. The normalized spacial score (nSPS) is 10.3. The third kappa shape index (κ3) is 3.28. The number of carbonyl (C=O) groups is 1. The number of amides is 1. The van der Waals surface area contributed by atoms with Crippen molar-refractivity contribution < 1.29 is 4.79 Å². The Kier molecular flexibility index (Phi) is 5.25. The summed E-state index contributed by atoms with van der Waals surface area (Å²) < 4.78 is 0. The van der Waals surface area contributed by atoms with Crippen LogP contribution >= 0.6 is 27.3 Å². The van der Waals surface area contributed by atoms with Gasteiger partial charge in [-0.25, -0.2) is 4.98 Å². The summed E-state index contributed by atoms with van der Waals surface area (Å²) in [5.74, 6) is 0.110. The van der Waals surface area contributed by atoms with E-state index in [4.69, 9.17) is 0 Å². The summed E-state index contributed by atoms with van der Waals surface area (Å²) >= 11 is 4.79. The quantitative estimate of drug-likeness (QED) is 0.781. The number of nitrogens with zero attached hydrogens (tertiary/aromatic N) is 2. The van der Waals surface area contributed by atoms with Crippen LogP contribution in [-0.4, -0.2) is 34.2 Å². The predicted molar refractivity (Wildman–Crippen MR) is 66.8 cm³/mol. The van der Waals surface area contributed by atoms with E-state index in [0.29, 0.717) is 0 Å².